The first-order valence-corrected chi connectivity index (χ1v) is 7.05. The number of rotatable bonds is 4. The molecule has 1 aliphatic rings. The number of imide groups is 1. The molecular weight excluding hydrogens is 286 g/mol. The van der Waals surface area contributed by atoms with E-state index >= 15 is 0 Å². The van der Waals surface area contributed by atoms with Gasteiger partial charge in [-0.15, -0.1) is 0 Å². The van der Waals surface area contributed by atoms with Crippen molar-refractivity contribution in [2.75, 3.05) is 18.8 Å². The second kappa shape index (κ2) is 5.10. The molecule has 2 N–H and O–H groups in total. The van der Waals surface area contributed by atoms with Crippen LogP contribution in [0, 0.1) is 0 Å². The number of hydrogen-bond donors (Lipinski definition) is 2. The normalized spacial score (nSPS) is 18.9. The largest absolute Gasteiger partial charge is 0.431 e. The second-order valence-electron chi connectivity index (χ2n) is 4.29. The predicted molar refractivity (Wildman–Crippen MR) is 70.0 cm³/mol. The average Bonchev–Trinajstić information content (AvgIpc) is 2.69. The summed E-state index contributed by atoms with van der Waals surface area (Å²) in [6.45, 7) is 0. The van der Waals surface area contributed by atoms with Gasteiger partial charge in [-0.2, -0.15) is 12.7 Å². The van der Waals surface area contributed by atoms with Gasteiger partial charge >= 0.3 is 16.3 Å². The van der Waals surface area contributed by atoms with Gasteiger partial charge < -0.3 is 4.74 Å². The summed E-state index contributed by atoms with van der Waals surface area (Å²) in [5.41, 5.74) is 0.799. The Bertz CT molecular complexity index is 639. The number of nitrogens with one attached hydrogen (secondary N) is 2. The summed E-state index contributed by atoms with van der Waals surface area (Å²) in [6.07, 6.45) is -1.79. The van der Waals surface area contributed by atoms with Crippen LogP contribution in [-0.2, 0) is 19.7 Å². The first-order valence-electron chi connectivity index (χ1n) is 5.61. The number of carbonyl (C=O) groups excluding carboxylic acids is 2. The van der Waals surface area contributed by atoms with Crippen molar-refractivity contribution in [3.63, 3.8) is 0 Å². The number of hydrogen-bond acceptors (Lipinski definition) is 5. The van der Waals surface area contributed by atoms with Crippen LogP contribution in [0.4, 0.5) is 10.5 Å². The van der Waals surface area contributed by atoms with Crippen LogP contribution in [0.3, 0.4) is 0 Å². The minimum absolute atomic E-state index is 0.340. The molecule has 2 amide bonds. The van der Waals surface area contributed by atoms with Crippen LogP contribution >= 0.6 is 0 Å². The minimum Gasteiger partial charge on any atom is -0.431 e. The van der Waals surface area contributed by atoms with Crippen molar-refractivity contribution < 1.29 is 22.7 Å². The van der Waals surface area contributed by atoms with Crippen LogP contribution in [0.25, 0.3) is 0 Å². The standard InChI is InChI=1S/C11H13N3O5S/c1-14(2)20(17,18)13-8-5-3-7(4-6-8)9-10(15)12-11(16)19-9/h3-6,9,13H,1-2H3,(H,12,15,16). The van der Waals surface area contributed by atoms with E-state index in [1.54, 1.807) is 0 Å². The first kappa shape index (κ1) is 14.3. The van der Waals surface area contributed by atoms with E-state index in [0.717, 1.165) is 4.31 Å². The Morgan fingerprint density at radius 2 is 1.80 bits per heavy atom. The molecule has 2 rings (SSSR count). The van der Waals surface area contributed by atoms with E-state index in [2.05, 4.69) is 4.72 Å². The highest BCUT2D eigenvalue weighted by molar-refractivity contribution is 7.90. The molecule has 1 fully saturated rings. The Labute approximate surface area is 115 Å². The number of ether oxygens (including phenoxy) is 1. The molecule has 8 nitrogen and oxygen atoms in total. The lowest BCUT2D eigenvalue weighted by atomic mass is 10.1. The zero-order valence-electron chi connectivity index (χ0n) is 10.8. The maximum absolute atomic E-state index is 11.6. The molecule has 1 atom stereocenters. The molecule has 0 aliphatic carbocycles. The minimum atomic E-state index is -3.58. The van der Waals surface area contributed by atoms with Crippen LogP contribution in [0.5, 0.6) is 0 Å². The summed E-state index contributed by atoms with van der Waals surface area (Å²) in [5.74, 6) is -0.545. The molecule has 0 radical (unpaired) electrons. The van der Waals surface area contributed by atoms with Gasteiger partial charge in [0.25, 0.3) is 5.91 Å². The van der Waals surface area contributed by atoms with Crippen LogP contribution in [-0.4, -0.2) is 38.8 Å². The van der Waals surface area contributed by atoms with Crippen LogP contribution in [0.2, 0.25) is 0 Å². The highest BCUT2D eigenvalue weighted by Gasteiger charge is 2.33. The third-order valence-corrected chi connectivity index (χ3v) is 4.08. The molecule has 1 unspecified atom stereocenters. The van der Waals surface area contributed by atoms with E-state index in [1.165, 1.54) is 38.4 Å². The molecule has 1 saturated heterocycles. The van der Waals surface area contributed by atoms with Gasteiger partial charge in [0, 0.05) is 25.3 Å². The molecule has 1 aliphatic heterocycles. The third-order valence-electron chi connectivity index (χ3n) is 2.63. The summed E-state index contributed by atoms with van der Waals surface area (Å²) in [4.78, 5) is 22.3. The zero-order valence-corrected chi connectivity index (χ0v) is 11.6. The Hall–Kier alpha value is -2.13. The van der Waals surface area contributed by atoms with Gasteiger partial charge in [-0.25, -0.2) is 4.79 Å². The Morgan fingerprint density at radius 1 is 1.20 bits per heavy atom. The van der Waals surface area contributed by atoms with Gasteiger partial charge in [-0.05, 0) is 12.1 Å². The lowest BCUT2D eigenvalue weighted by molar-refractivity contribution is -0.123. The quantitative estimate of drug-likeness (QED) is 0.827. The topological polar surface area (TPSA) is 105 Å². The highest BCUT2D eigenvalue weighted by atomic mass is 32.2. The van der Waals surface area contributed by atoms with Crippen LogP contribution in [0.1, 0.15) is 11.7 Å². The van der Waals surface area contributed by atoms with Gasteiger partial charge in [0.2, 0.25) is 6.10 Å². The molecule has 1 heterocycles. The average molecular weight is 299 g/mol. The highest BCUT2D eigenvalue weighted by Crippen LogP contribution is 2.23. The molecule has 0 saturated carbocycles. The summed E-state index contributed by atoms with van der Waals surface area (Å²) >= 11 is 0. The van der Waals surface area contributed by atoms with E-state index in [9.17, 15) is 18.0 Å². The van der Waals surface area contributed by atoms with Crippen molar-refractivity contribution in [1.29, 1.82) is 0 Å². The fourth-order valence-electron chi connectivity index (χ4n) is 1.54. The monoisotopic (exact) mass is 299 g/mol. The fraction of sp³-hybridized carbons (Fsp3) is 0.273. The van der Waals surface area contributed by atoms with Crippen molar-refractivity contribution >= 4 is 27.9 Å². The van der Waals surface area contributed by atoms with E-state index in [0.29, 0.717) is 11.3 Å². The lowest BCUT2D eigenvalue weighted by Crippen LogP contribution is -2.28. The lowest BCUT2D eigenvalue weighted by Gasteiger charge is -2.14. The van der Waals surface area contributed by atoms with Gasteiger partial charge in [0.1, 0.15) is 0 Å². The fourth-order valence-corrected chi connectivity index (χ4v) is 2.16. The summed E-state index contributed by atoms with van der Waals surface area (Å²) in [6, 6.07) is 5.98. The summed E-state index contributed by atoms with van der Waals surface area (Å²) in [7, 11) is -0.780. The van der Waals surface area contributed by atoms with Gasteiger partial charge in [-0.1, -0.05) is 12.1 Å². The number of benzene rings is 1. The molecule has 1 aromatic carbocycles. The number of carbonyl (C=O) groups is 2. The van der Waals surface area contributed by atoms with Gasteiger partial charge in [0.15, 0.2) is 0 Å². The molecule has 0 bridgehead atoms. The van der Waals surface area contributed by atoms with E-state index in [-0.39, 0.29) is 0 Å². The number of amides is 2. The molecule has 20 heavy (non-hydrogen) atoms. The Balaban J connectivity index is 2.15. The Morgan fingerprint density at radius 3 is 2.25 bits per heavy atom. The summed E-state index contributed by atoms with van der Waals surface area (Å²) < 4.78 is 31.4. The molecular formula is C11H13N3O5S. The number of cyclic esters (lactones) is 1. The predicted octanol–water partition coefficient (Wildman–Crippen LogP) is 0.212. The van der Waals surface area contributed by atoms with E-state index in [4.69, 9.17) is 4.74 Å². The van der Waals surface area contributed by atoms with Gasteiger partial charge in [-0.3, -0.25) is 14.8 Å². The van der Waals surface area contributed by atoms with E-state index < -0.39 is 28.3 Å². The smallest absolute Gasteiger partial charge is 0.415 e. The number of alkyl carbamates (subject to hydrolysis) is 1. The van der Waals surface area contributed by atoms with Crippen molar-refractivity contribution in [3.05, 3.63) is 29.8 Å². The molecule has 9 heteroatoms. The molecule has 0 aromatic heterocycles. The van der Waals surface area contributed by atoms with Gasteiger partial charge in [0.05, 0.1) is 0 Å². The zero-order chi connectivity index (χ0) is 14.9. The van der Waals surface area contributed by atoms with Crippen LogP contribution in [0.15, 0.2) is 24.3 Å². The number of nitrogens with zero attached hydrogens (tertiary/aromatic N) is 1. The van der Waals surface area contributed by atoms with Crippen molar-refractivity contribution in [1.82, 2.24) is 9.62 Å². The van der Waals surface area contributed by atoms with Crippen molar-refractivity contribution in [2.45, 2.75) is 6.10 Å². The van der Waals surface area contributed by atoms with Crippen molar-refractivity contribution in [3.8, 4) is 0 Å². The van der Waals surface area contributed by atoms with E-state index in [1.807, 2.05) is 5.32 Å². The van der Waals surface area contributed by atoms with Crippen molar-refractivity contribution in [2.24, 2.45) is 0 Å². The first-order chi connectivity index (χ1) is 9.29. The Kier molecular flexibility index (Phi) is 3.64. The summed E-state index contributed by atoms with van der Waals surface area (Å²) in [5, 5.41) is 2.01. The molecule has 1 aromatic rings. The maximum Gasteiger partial charge on any atom is 0.415 e. The second-order valence-corrected chi connectivity index (χ2v) is 6.17. The number of anilines is 1. The molecule has 108 valence electrons. The SMILES string of the molecule is CN(C)S(=O)(=O)Nc1ccc(C2OC(=O)NC2=O)cc1. The maximum atomic E-state index is 11.6. The third kappa shape index (κ3) is 2.89. The van der Waals surface area contributed by atoms with Crippen LogP contribution < -0.4 is 10.0 Å². The molecule has 0 spiro atoms.